The molecule has 0 aromatic heterocycles. The van der Waals surface area contributed by atoms with Crippen LogP contribution < -0.4 is 10.5 Å². The maximum atomic E-state index is 8.60. The Kier molecular flexibility index (Phi) is 4.13. The van der Waals surface area contributed by atoms with Crippen LogP contribution in [-0.2, 0) is 0 Å². The molecular formula is C9H10ClNO2S. The molecule has 1 rings (SSSR count). The summed E-state index contributed by atoms with van der Waals surface area (Å²) in [7, 11) is 0. The van der Waals surface area contributed by atoms with E-state index in [9.17, 15) is 0 Å². The first-order chi connectivity index (χ1) is 6.65. The fourth-order valence-electron chi connectivity index (χ4n) is 0.976. The van der Waals surface area contributed by atoms with Gasteiger partial charge < -0.3 is 15.6 Å². The summed E-state index contributed by atoms with van der Waals surface area (Å²) in [6, 6.07) is 4.99. The summed E-state index contributed by atoms with van der Waals surface area (Å²) < 4.78 is 5.23. The summed E-state index contributed by atoms with van der Waals surface area (Å²) in [5.74, 6) is 0.538. The molecule has 0 aliphatic rings. The predicted octanol–water partition coefficient (Wildman–Crippen LogP) is 1.35. The largest absolute Gasteiger partial charge is 0.490 e. The normalized spacial score (nSPS) is 9.86. The second kappa shape index (κ2) is 5.14. The molecule has 76 valence electrons. The molecule has 14 heavy (non-hydrogen) atoms. The number of benzene rings is 1. The average Bonchev–Trinajstić information content (AvgIpc) is 2.15. The van der Waals surface area contributed by atoms with Gasteiger partial charge in [-0.3, -0.25) is 0 Å². The fourth-order valence-corrected chi connectivity index (χ4v) is 1.31. The lowest BCUT2D eigenvalue weighted by molar-refractivity contribution is 0.201. The van der Waals surface area contributed by atoms with Crippen LogP contribution in [0.4, 0.5) is 0 Å². The first-order valence-corrected chi connectivity index (χ1v) is 4.77. The third kappa shape index (κ3) is 2.83. The SMILES string of the molecule is NC(=S)c1cc(Cl)ccc1OCCO. The quantitative estimate of drug-likeness (QED) is 0.768. The van der Waals surface area contributed by atoms with Crippen molar-refractivity contribution in [2.45, 2.75) is 0 Å². The van der Waals surface area contributed by atoms with E-state index in [2.05, 4.69) is 0 Å². The van der Waals surface area contributed by atoms with Gasteiger partial charge in [0.25, 0.3) is 0 Å². The van der Waals surface area contributed by atoms with Gasteiger partial charge in [-0.15, -0.1) is 0 Å². The standard InChI is InChI=1S/C9H10ClNO2S/c10-6-1-2-8(13-4-3-12)7(5-6)9(11)14/h1-2,5,12H,3-4H2,(H2,11,14). The molecule has 0 aliphatic heterocycles. The fraction of sp³-hybridized carbons (Fsp3) is 0.222. The van der Waals surface area contributed by atoms with Crippen molar-refractivity contribution in [2.75, 3.05) is 13.2 Å². The summed E-state index contributed by atoms with van der Waals surface area (Å²) >= 11 is 10.6. The van der Waals surface area contributed by atoms with E-state index >= 15 is 0 Å². The zero-order valence-electron chi connectivity index (χ0n) is 7.37. The van der Waals surface area contributed by atoms with E-state index in [1.54, 1.807) is 18.2 Å². The molecule has 0 heterocycles. The molecular weight excluding hydrogens is 222 g/mol. The lowest BCUT2D eigenvalue weighted by Gasteiger charge is -2.09. The van der Waals surface area contributed by atoms with Crippen LogP contribution >= 0.6 is 23.8 Å². The smallest absolute Gasteiger partial charge is 0.129 e. The second-order valence-electron chi connectivity index (χ2n) is 2.58. The van der Waals surface area contributed by atoms with Crippen molar-refractivity contribution in [1.29, 1.82) is 0 Å². The number of aliphatic hydroxyl groups excluding tert-OH is 1. The van der Waals surface area contributed by atoms with Crippen molar-refractivity contribution in [2.24, 2.45) is 5.73 Å². The number of hydrogen-bond acceptors (Lipinski definition) is 3. The average molecular weight is 232 g/mol. The molecule has 0 fully saturated rings. The third-order valence-electron chi connectivity index (χ3n) is 1.56. The van der Waals surface area contributed by atoms with E-state index in [0.717, 1.165) is 0 Å². The monoisotopic (exact) mass is 231 g/mol. The topological polar surface area (TPSA) is 55.5 Å². The van der Waals surface area contributed by atoms with Gasteiger partial charge >= 0.3 is 0 Å². The summed E-state index contributed by atoms with van der Waals surface area (Å²) in [6.07, 6.45) is 0. The number of thiocarbonyl (C=S) groups is 1. The Balaban J connectivity index is 2.96. The van der Waals surface area contributed by atoms with Gasteiger partial charge in [0.15, 0.2) is 0 Å². The van der Waals surface area contributed by atoms with Gasteiger partial charge in [-0.05, 0) is 18.2 Å². The van der Waals surface area contributed by atoms with E-state index in [1.165, 1.54) is 0 Å². The van der Waals surface area contributed by atoms with Crippen LogP contribution in [0, 0.1) is 0 Å². The number of nitrogens with two attached hydrogens (primary N) is 1. The van der Waals surface area contributed by atoms with E-state index < -0.39 is 0 Å². The van der Waals surface area contributed by atoms with Crippen molar-refractivity contribution in [3.63, 3.8) is 0 Å². The number of rotatable bonds is 4. The lowest BCUT2D eigenvalue weighted by Crippen LogP contribution is -2.13. The molecule has 0 radical (unpaired) electrons. The van der Waals surface area contributed by atoms with Crippen molar-refractivity contribution >= 4 is 28.8 Å². The molecule has 0 saturated carbocycles. The van der Waals surface area contributed by atoms with Gasteiger partial charge in [-0.1, -0.05) is 23.8 Å². The summed E-state index contributed by atoms with van der Waals surface area (Å²) in [5, 5.41) is 9.14. The first kappa shape index (κ1) is 11.2. The highest BCUT2D eigenvalue weighted by Gasteiger charge is 2.06. The summed E-state index contributed by atoms with van der Waals surface area (Å²) in [6.45, 7) is 0.149. The van der Waals surface area contributed by atoms with Crippen LogP contribution in [0.1, 0.15) is 5.56 Å². The Hall–Kier alpha value is -0.840. The van der Waals surface area contributed by atoms with Gasteiger partial charge in [-0.25, -0.2) is 0 Å². The highest BCUT2D eigenvalue weighted by Crippen LogP contribution is 2.22. The van der Waals surface area contributed by atoms with Gasteiger partial charge in [0.2, 0.25) is 0 Å². The van der Waals surface area contributed by atoms with Crippen LogP contribution in [0.3, 0.4) is 0 Å². The first-order valence-electron chi connectivity index (χ1n) is 3.98. The second-order valence-corrected chi connectivity index (χ2v) is 3.45. The van der Waals surface area contributed by atoms with E-state index in [4.69, 9.17) is 39.4 Å². The van der Waals surface area contributed by atoms with Crippen molar-refractivity contribution in [1.82, 2.24) is 0 Å². The maximum Gasteiger partial charge on any atom is 0.129 e. The van der Waals surface area contributed by atoms with Crippen LogP contribution in [0.5, 0.6) is 5.75 Å². The van der Waals surface area contributed by atoms with Gasteiger partial charge in [0, 0.05) is 5.02 Å². The Morgan fingerprint density at radius 2 is 2.29 bits per heavy atom. The van der Waals surface area contributed by atoms with Crippen LogP contribution in [0.2, 0.25) is 5.02 Å². The van der Waals surface area contributed by atoms with Crippen LogP contribution in [-0.4, -0.2) is 23.3 Å². The zero-order valence-corrected chi connectivity index (χ0v) is 8.94. The number of halogens is 1. The number of aliphatic hydroxyl groups is 1. The van der Waals surface area contributed by atoms with Crippen LogP contribution in [0.25, 0.3) is 0 Å². The van der Waals surface area contributed by atoms with Crippen molar-refractivity contribution in [3.8, 4) is 5.75 Å². The molecule has 0 atom stereocenters. The summed E-state index contributed by atoms with van der Waals surface area (Å²) in [4.78, 5) is 0.223. The Morgan fingerprint density at radius 1 is 1.57 bits per heavy atom. The highest BCUT2D eigenvalue weighted by atomic mass is 35.5. The highest BCUT2D eigenvalue weighted by molar-refractivity contribution is 7.80. The van der Waals surface area contributed by atoms with Crippen molar-refractivity contribution in [3.05, 3.63) is 28.8 Å². The van der Waals surface area contributed by atoms with Gasteiger partial charge in [-0.2, -0.15) is 0 Å². The zero-order chi connectivity index (χ0) is 10.6. The minimum atomic E-state index is -0.0562. The Morgan fingerprint density at radius 3 is 2.86 bits per heavy atom. The van der Waals surface area contributed by atoms with Crippen molar-refractivity contribution < 1.29 is 9.84 Å². The maximum absolute atomic E-state index is 8.60. The van der Waals surface area contributed by atoms with E-state index in [0.29, 0.717) is 16.3 Å². The minimum Gasteiger partial charge on any atom is -0.490 e. The van der Waals surface area contributed by atoms with Gasteiger partial charge in [0.1, 0.15) is 17.3 Å². The Labute approximate surface area is 92.4 Å². The summed E-state index contributed by atoms with van der Waals surface area (Å²) in [5.41, 5.74) is 6.07. The molecule has 0 amide bonds. The molecule has 5 heteroatoms. The van der Waals surface area contributed by atoms with E-state index in [-0.39, 0.29) is 18.2 Å². The molecule has 1 aromatic rings. The molecule has 0 spiro atoms. The predicted molar refractivity (Wildman–Crippen MR) is 59.9 cm³/mol. The third-order valence-corrected chi connectivity index (χ3v) is 2.01. The molecule has 0 saturated heterocycles. The lowest BCUT2D eigenvalue weighted by atomic mass is 10.2. The number of hydrogen-bond donors (Lipinski definition) is 2. The number of ether oxygens (including phenoxy) is 1. The molecule has 1 aromatic carbocycles. The van der Waals surface area contributed by atoms with E-state index in [1.807, 2.05) is 0 Å². The molecule has 0 unspecified atom stereocenters. The van der Waals surface area contributed by atoms with Gasteiger partial charge in [0.05, 0.1) is 12.2 Å². The molecule has 3 nitrogen and oxygen atoms in total. The molecule has 3 N–H and O–H groups in total. The molecule has 0 bridgehead atoms. The Bertz CT molecular complexity index is 344. The van der Waals surface area contributed by atoms with Crippen LogP contribution in [0.15, 0.2) is 18.2 Å². The molecule has 0 aliphatic carbocycles. The minimum absolute atomic E-state index is 0.0562.